The number of aromatic amines is 1. The topological polar surface area (TPSA) is 65.1 Å². The lowest BCUT2D eigenvalue weighted by molar-refractivity contribution is -0.141. The fourth-order valence-corrected chi connectivity index (χ4v) is 3.44. The number of rotatable bonds is 2. The standard InChI is InChI=1S/C19H18F3N5O/c1-12-24-16(19(20,21)22)11-17(25-12)26-7-9-27(10-8-26)18(28)14-3-2-4-15-13(14)5-6-23-15/h2-6,11,23H,7-10H2,1H3. The summed E-state index contributed by atoms with van der Waals surface area (Å²) in [5.74, 6) is 0.224. The maximum atomic E-state index is 13.0. The summed E-state index contributed by atoms with van der Waals surface area (Å²) in [6.07, 6.45) is -2.73. The molecule has 1 saturated heterocycles. The van der Waals surface area contributed by atoms with Crippen LogP contribution < -0.4 is 4.90 Å². The lowest BCUT2D eigenvalue weighted by Gasteiger charge is -2.35. The minimum absolute atomic E-state index is 0.0717. The van der Waals surface area contributed by atoms with Crippen molar-refractivity contribution in [3.05, 3.63) is 53.6 Å². The lowest BCUT2D eigenvalue weighted by atomic mass is 10.1. The van der Waals surface area contributed by atoms with Gasteiger partial charge in [-0.15, -0.1) is 0 Å². The Hall–Kier alpha value is -3.10. The third-order valence-corrected chi connectivity index (χ3v) is 4.83. The number of carbonyl (C=O) groups is 1. The zero-order chi connectivity index (χ0) is 19.9. The van der Waals surface area contributed by atoms with Gasteiger partial charge in [-0.3, -0.25) is 4.79 Å². The van der Waals surface area contributed by atoms with E-state index in [1.807, 2.05) is 18.2 Å². The van der Waals surface area contributed by atoms with Gasteiger partial charge in [0.1, 0.15) is 17.3 Å². The minimum atomic E-state index is -4.52. The van der Waals surface area contributed by atoms with E-state index in [0.29, 0.717) is 31.7 Å². The SMILES string of the molecule is Cc1nc(N2CCN(C(=O)c3cccc4[nH]ccc34)CC2)cc(C(F)(F)F)n1. The van der Waals surface area contributed by atoms with Crippen molar-refractivity contribution in [1.82, 2.24) is 19.9 Å². The first-order valence-corrected chi connectivity index (χ1v) is 8.86. The van der Waals surface area contributed by atoms with E-state index in [2.05, 4.69) is 15.0 Å². The van der Waals surface area contributed by atoms with Crippen molar-refractivity contribution in [1.29, 1.82) is 0 Å². The molecule has 0 bridgehead atoms. The number of fused-ring (bicyclic) bond motifs is 1. The Morgan fingerprint density at radius 1 is 1.11 bits per heavy atom. The second kappa shape index (κ2) is 6.81. The predicted molar refractivity (Wildman–Crippen MR) is 98.2 cm³/mol. The van der Waals surface area contributed by atoms with Gasteiger partial charge in [-0.25, -0.2) is 9.97 Å². The fourth-order valence-electron chi connectivity index (χ4n) is 3.44. The number of aromatic nitrogens is 3. The van der Waals surface area contributed by atoms with Crippen molar-refractivity contribution in [3.63, 3.8) is 0 Å². The third kappa shape index (κ3) is 3.39. The average Bonchev–Trinajstić information content (AvgIpc) is 3.15. The smallest absolute Gasteiger partial charge is 0.361 e. The van der Waals surface area contributed by atoms with Crippen LogP contribution in [0.25, 0.3) is 10.9 Å². The number of H-pyrrole nitrogens is 1. The van der Waals surface area contributed by atoms with Gasteiger partial charge in [0.05, 0.1) is 0 Å². The van der Waals surface area contributed by atoms with Crippen LogP contribution in [0.1, 0.15) is 21.9 Å². The van der Waals surface area contributed by atoms with Crippen LogP contribution in [0.5, 0.6) is 0 Å². The van der Waals surface area contributed by atoms with Gasteiger partial charge in [-0.2, -0.15) is 13.2 Å². The number of alkyl halides is 3. The summed E-state index contributed by atoms with van der Waals surface area (Å²) in [5.41, 5.74) is 0.553. The molecule has 146 valence electrons. The molecule has 0 atom stereocenters. The molecule has 0 unspecified atom stereocenters. The fraction of sp³-hybridized carbons (Fsp3) is 0.316. The van der Waals surface area contributed by atoms with Crippen molar-refractivity contribution in [3.8, 4) is 0 Å². The summed E-state index contributed by atoms with van der Waals surface area (Å²) in [6, 6.07) is 8.34. The molecular weight excluding hydrogens is 371 g/mol. The molecule has 9 heteroatoms. The van der Waals surface area contributed by atoms with Crippen molar-refractivity contribution in [2.45, 2.75) is 13.1 Å². The average molecular weight is 389 g/mol. The molecule has 1 N–H and O–H groups in total. The van der Waals surface area contributed by atoms with Crippen molar-refractivity contribution < 1.29 is 18.0 Å². The zero-order valence-electron chi connectivity index (χ0n) is 15.1. The first-order chi connectivity index (χ1) is 13.3. The van der Waals surface area contributed by atoms with E-state index >= 15 is 0 Å². The molecule has 0 radical (unpaired) electrons. The Balaban J connectivity index is 1.50. The molecule has 0 saturated carbocycles. The van der Waals surface area contributed by atoms with E-state index in [1.54, 1.807) is 22.1 Å². The van der Waals surface area contributed by atoms with E-state index in [1.165, 1.54) is 6.92 Å². The molecule has 3 aromatic rings. The summed E-state index contributed by atoms with van der Waals surface area (Å²) in [5, 5.41) is 0.858. The number of halogens is 3. The van der Waals surface area contributed by atoms with E-state index in [9.17, 15) is 18.0 Å². The summed E-state index contributed by atoms with van der Waals surface area (Å²) in [6.45, 7) is 3.06. The van der Waals surface area contributed by atoms with Gasteiger partial charge >= 0.3 is 6.18 Å². The number of carbonyl (C=O) groups excluding carboxylic acids is 1. The third-order valence-electron chi connectivity index (χ3n) is 4.83. The summed E-state index contributed by atoms with van der Waals surface area (Å²) >= 11 is 0. The number of piperazine rings is 1. The molecule has 28 heavy (non-hydrogen) atoms. The summed E-state index contributed by atoms with van der Waals surface area (Å²) < 4.78 is 39.0. The lowest BCUT2D eigenvalue weighted by Crippen LogP contribution is -2.49. The van der Waals surface area contributed by atoms with Crippen LogP contribution in [0.3, 0.4) is 0 Å². The number of nitrogens with zero attached hydrogens (tertiary/aromatic N) is 4. The molecule has 1 aliphatic heterocycles. The highest BCUT2D eigenvalue weighted by atomic mass is 19.4. The van der Waals surface area contributed by atoms with Gasteiger partial charge in [0.15, 0.2) is 0 Å². The Morgan fingerprint density at radius 2 is 1.86 bits per heavy atom. The molecule has 1 aliphatic rings. The summed E-state index contributed by atoms with van der Waals surface area (Å²) in [7, 11) is 0. The quantitative estimate of drug-likeness (QED) is 0.731. The van der Waals surface area contributed by atoms with E-state index in [4.69, 9.17) is 0 Å². The van der Waals surface area contributed by atoms with Crippen molar-refractivity contribution in [2.24, 2.45) is 0 Å². The predicted octanol–water partition coefficient (Wildman–Crippen LogP) is 3.25. The maximum absolute atomic E-state index is 13.0. The van der Waals surface area contributed by atoms with Gasteiger partial charge in [-0.05, 0) is 25.1 Å². The number of amides is 1. The number of benzene rings is 1. The second-order valence-electron chi connectivity index (χ2n) is 6.68. The molecule has 3 heterocycles. The normalized spacial score (nSPS) is 15.3. The van der Waals surface area contributed by atoms with E-state index in [-0.39, 0.29) is 17.5 Å². The molecule has 2 aromatic heterocycles. The van der Waals surface area contributed by atoms with Gasteiger partial charge in [0.25, 0.3) is 5.91 Å². The van der Waals surface area contributed by atoms with Crippen LogP contribution >= 0.6 is 0 Å². The Kier molecular flexibility index (Phi) is 4.44. The molecule has 6 nitrogen and oxygen atoms in total. The molecule has 1 fully saturated rings. The molecule has 1 amide bonds. The number of hydrogen-bond acceptors (Lipinski definition) is 4. The second-order valence-corrected chi connectivity index (χ2v) is 6.68. The first-order valence-electron chi connectivity index (χ1n) is 8.86. The van der Waals surface area contributed by atoms with Gasteiger partial charge in [0, 0.05) is 54.9 Å². The van der Waals surface area contributed by atoms with Crippen LogP contribution in [0.4, 0.5) is 19.0 Å². The van der Waals surface area contributed by atoms with Crippen LogP contribution in [0.2, 0.25) is 0 Å². The maximum Gasteiger partial charge on any atom is 0.433 e. The largest absolute Gasteiger partial charge is 0.433 e. The molecule has 0 aliphatic carbocycles. The van der Waals surface area contributed by atoms with Crippen molar-refractivity contribution >= 4 is 22.6 Å². The van der Waals surface area contributed by atoms with Crippen LogP contribution in [0.15, 0.2) is 36.5 Å². The van der Waals surface area contributed by atoms with Gasteiger partial charge < -0.3 is 14.8 Å². The number of hydrogen-bond donors (Lipinski definition) is 1. The Bertz CT molecular complexity index is 1020. The van der Waals surface area contributed by atoms with Crippen molar-refractivity contribution in [2.75, 3.05) is 31.1 Å². The molecule has 1 aromatic carbocycles. The monoisotopic (exact) mass is 389 g/mol. The Labute approximate surface area is 159 Å². The highest BCUT2D eigenvalue weighted by Crippen LogP contribution is 2.30. The van der Waals surface area contributed by atoms with Gasteiger partial charge in [-0.1, -0.05) is 6.07 Å². The van der Waals surface area contributed by atoms with Crippen LogP contribution in [-0.2, 0) is 6.18 Å². The molecular formula is C19H18F3N5O. The molecule has 0 spiro atoms. The van der Waals surface area contributed by atoms with E-state index < -0.39 is 11.9 Å². The molecule has 4 rings (SSSR count). The number of anilines is 1. The zero-order valence-corrected chi connectivity index (χ0v) is 15.1. The Morgan fingerprint density at radius 3 is 2.57 bits per heavy atom. The highest BCUT2D eigenvalue weighted by Gasteiger charge is 2.34. The van der Waals surface area contributed by atoms with Gasteiger partial charge in [0.2, 0.25) is 0 Å². The number of aryl methyl sites for hydroxylation is 1. The minimum Gasteiger partial charge on any atom is -0.361 e. The summed E-state index contributed by atoms with van der Waals surface area (Å²) in [4.78, 5) is 27.1. The number of nitrogens with one attached hydrogen (secondary N) is 1. The van der Waals surface area contributed by atoms with Crippen LogP contribution in [0, 0.1) is 6.92 Å². The van der Waals surface area contributed by atoms with Crippen LogP contribution in [-0.4, -0.2) is 51.9 Å². The first kappa shape index (κ1) is 18.3. The highest BCUT2D eigenvalue weighted by molar-refractivity contribution is 6.06. The van der Waals surface area contributed by atoms with E-state index in [0.717, 1.165) is 17.0 Å².